The van der Waals surface area contributed by atoms with E-state index in [2.05, 4.69) is 20.4 Å². The van der Waals surface area contributed by atoms with Crippen LogP contribution in [-0.4, -0.2) is 32.6 Å². The molecule has 22 heavy (non-hydrogen) atoms. The van der Waals surface area contributed by atoms with Crippen LogP contribution in [0.4, 0.5) is 13.2 Å². The molecule has 2 N–H and O–H groups in total. The SMILES string of the molecule is CN=C(NCCC(=O)OC)NCc1ccc(C(F)(F)F)cc1. The van der Waals surface area contributed by atoms with Gasteiger partial charge >= 0.3 is 12.1 Å². The fourth-order valence-electron chi connectivity index (χ4n) is 1.60. The molecule has 0 bridgehead atoms. The lowest BCUT2D eigenvalue weighted by Gasteiger charge is -2.12. The van der Waals surface area contributed by atoms with Gasteiger partial charge in [0.2, 0.25) is 0 Å². The van der Waals surface area contributed by atoms with Crippen molar-refractivity contribution >= 4 is 11.9 Å². The smallest absolute Gasteiger partial charge is 0.416 e. The van der Waals surface area contributed by atoms with Gasteiger partial charge in [-0.2, -0.15) is 13.2 Å². The number of benzene rings is 1. The highest BCUT2D eigenvalue weighted by Crippen LogP contribution is 2.28. The number of rotatable bonds is 5. The first-order valence-electron chi connectivity index (χ1n) is 6.54. The van der Waals surface area contributed by atoms with Crippen LogP contribution in [0.2, 0.25) is 0 Å². The number of ether oxygens (including phenoxy) is 1. The van der Waals surface area contributed by atoms with Gasteiger partial charge in [-0.3, -0.25) is 9.79 Å². The topological polar surface area (TPSA) is 62.7 Å². The van der Waals surface area contributed by atoms with Crippen molar-refractivity contribution in [2.24, 2.45) is 4.99 Å². The van der Waals surface area contributed by atoms with E-state index in [0.717, 1.165) is 12.1 Å². The number of esters is 1. The number of alkyl halides is 3. The van der Waals surface area contributed by atoms with E-state index in [1.807, 2.05) is 0 Å². The zero-order valence-corrected chi connectivity index (χ0v) is 12.3. The molecule has 0 spiro atoms. The summed E-state index contributed by atoms with van der Waals surface area (Å²) in [5.74, 6) is 0.106. The number of carbonyl (C=O) groups is 1. The molecule has 1 aromatic rings. The molecule has 0 aromatic heterocycles. The lowest BCUT2D eigenvalue weighted by atomic mass is 10.1. The molecule has 0 aliphatic rings. The van der Waals surface area contributed by atoms with Gasteiger partial charge in [-0.25, -0.2) is 0 Å². The largest absolute Gasteiger partial charge is 0.469 e. The van der Waals surface area contributed by atoms with Gasteiger partial charge in [0, 0.05) is 20.1 Å². The van der Waals surface area contributed by atoms with Gasteiger partial charge in [-0.05, 0) is 17.7 Å². The van der Waals surface area contributed by atoms with Crippen LogP contribution < -0.4 is 10.6 Å². The molecule has 0 aliphatic heterocycles. The summed E-state index contributed by atoms with van der Waals surface area (Å²) in [6.45, 7) is 0.662. The Labute approximate surface area is 126 Å². The molecule has 0 atom stereocenters. The standard InChI is InChI=1S/C14H18F3N3O2/c1-18-13(19-8-7-12(21)22-2)20-9-10-3-5-11(6-4-10)14(15,16)17/h3-6H,7-9H2,1-2H3,(H2,18,19,20). The predicted octanol–water partition coefficient (Wildman–Crippen LogP) is 1.93. The van der Waals surface area contributed by atoms with Crippen molar-refractivity contribution < 1.29 is 22.7 Å². The maximum atomic E-state index is 12.4. The third-order valence-corrected chi connectivity index (χ3v) is 2.81. The molecule has 0 saturated carbocycles. The Morgan fingerprint density at radius 2 is 1.86 bits per heavy atom. The summed E-state index contributed by atoms with van der Waals surface area (Å²) in [5.41, 5.74) is 0.000697. The van der Waals surface area contributed by atoms with E-state index >= 15 is 0 Å². The first-order chi connectivity index (χ1) is 10.4. The molecule has 0 radical (unpaired) electrons. The molecule has 1 rings (SSSR count). The summed E-state index contributed by atoms with van der Waals surface area (Å²) in [5, 5.41) is 5.84. The number of hydrogen-bond acceptors (Lipinski definition) is 3. The van der Waals surface area contributed by atoms with Crippen LogP contribution in [0.5, 0.6) is 0 Å². The summed E-state index contributed by atoms with van der Waals surface area (Å²) in [6, 6.07) is 4.87. The van der Waals surface area contributed by atoms with Crippen LogP contribution in [0.3, 0.4) is 0 Å². The molecule has 0 heterocycles. The molecule has 122 valence electrons. The monoisotopic (exact) mass is 317 g/mol. The fraction of sp³-hybridized carbons (Fsp3) is 0.429. The molecule has 8 heteroatoms. The van der Waals surface area contributed by atoms with Crippen LogP contribution in [-0.2, 0) is 22.3 Å². The Kier molecular flexibility index (Phi) is 6.68. The highest BCUT2D eigenvalue weighted by molar-refractivity contribution is 5.80. The van der Waals surface area contributed by atoms with E-state index < -0.39 is 11.7 Å². The summed E-state index contributed by atoms with van der Waals surface area (Å²) in [7, 11) is 2.86. The number of nitrogens with zero attached hydrogens (tertiary/aromatic N) is 1. The minimum absolute atomic E-state index is 0.192. The number of guanidine groups is 1. The van der Waals surface area contributed by atoms with Crippen molar-refractivity contribution in [3.05, 3.63) is 35.4 Å². The number of nitrogens with one attached hydrogen (secondary N) is 2. The van der Waals surface area contributed by atoms with Gasteiger partial charge in [0.05, 0.1) is 19.1 Å². The summed E-state index contributed by atoms with van der Waals surface area (Å²) < 4.78 is 41.8. The molecule has 5 nitrogen and oxygen atoms in total. The van der Waals surface area contributed by atoms with Gasteiger partial charge in [0.1, 0.15) is 0 Å². The number of halogens is 3. The molecule has 0 aliphatic carbocycles. The molecule has 0 saturated heterocycles. The van der Waals surface area contributed by atoms with Gasteiger partial charge in [-0.15, -0.1) is 0 Å². The fourth-order valence-corrected chi connectivity index (χ4v) is 1.60. The van der Waals surface area contributed by atoms with E-state index in [4.69, 9.17) is 0 Å². The van der Waals surface area contributed by atoms with Gasteiger partial charge in [0.25, 0.3) is 0 Å². The lowest BCUT2D eigenvalue weighted by Crippen LogP contribution is -2.37. The van der Waals surface area contributed by atoms with Crippen LogP contribution in [0.1, 0.15) is 17.5 Å². The third kappa shape index (κ3) is 6.02. The first-order valence-corrected chi connectivity index (χ1v) is 6.54. The van der Waals surface area contributed by atoms with Crippen molar-refractivity contribution in [3.8, 4) is 0 Å². The Hall–Kier alpha value is -2.25. The highest BCUT2D eigenvalue weighted by Gasteiger charge is 2.29. The van der Waals surface area contributed by atoms with E-state index in [0.29, 0.717) is 24.6 Å². The van der Waals surface area contributed by atoms with Gasteiger partial charge in [0.15, 0.2) is 5.96 Å². The molecular formula is C14H18F3N3O2. The molecule has 0 unspecified atom stereocenters. The number of hydrogen-bond donors (Lipinski definition) is 2. The zero-order chi connectivity index (χ0) is 16.6. The summed E-state index contributed by atoms with van der Waals surface area (Å²) in [6.07, 6.45) is -4.14. The Bertz CT molecular complexity index is 513. The van der Waals surface area contributed by atoms with Crippen LogP contribution in [0.15, 0.2) is 29.3 Å². The van der Waals surface area contributed by atoms with E-state index in [1.165, 1.54) is 19.2 Å². The second-order valence-electron chi connectivity index (χ2n) is 4.37. The van der Waals surface area contributed by atoms with Gasteiger partial charge < -0.3 is 15.4 Å². The average molecular weight is 317 g/mol. The van der Waals surface area contributed by atoms with E-state index in [-0.39, 0.29) is 12.4 Å². The summed E-state index contributed by atoms with van der Waals surface area (Å²) in [4.78, 5) is 14.9. The lowest BCUT2D eigenvalue weighted by molar-refractivity contribution is -0.140. The minimum atomic E-state index is -4.34. The first kappa shape index (κ1) is 17.8. The minimum Gasteiger partial charge on any atom is -0.469 e. The Morgan fingerprint density at radius 3 is 2.36 bits per heavy atom. The number of carbonyl (C=O) groups excluding carboxylic acids is 1. The van der Waals surface area contributed by atoms with Crippen LogP contribution in [0, 0.1) is 0 Å². The van der Waals surface area contributed by atoms with Crippen molar-refractivity contribution in [2.75, 3.05) is 20.7 Å². The Morgan fingerprint density at radius 1 is 1.23 bits per heavy atom. The van der Waals surface area contributed by atoms with Crippen molar-refractivity contribution in [3.63, 3.8) is 0 Å². The second-order valence-corrected chi connectivity index (χ2v) is 4.37. The summed E-state index contributed by atoms with van der Waals surface area (Å²) >= 11 is 0. The molecule has 1 aromatic carbocycles. The maximum absolute atomic E-state index is 12.4. The molecular weight excluding hydrogens is 299 g/mol. The third-order valence-electron chi connectivity index (χ3n) is 2.81. The predicted molar refractivity (Wildman–Crippen MR) is 76.3 cm³/mol. The number of aliphatic imine (C=N–C) groups is 1. The number of methoxy groups -OCH3 is 1. The van der Waals surface area contributed by atoms with E-state index in [1.54, 1.807) is 7.05 Å². The second kappa shape index (κ2) is 8.26. The van der Waals surface area contributed by atoms with E-state index in [9.17, 15) is 18.0 Å². The normalized spacial score (nSPS) is 12.0. The van der Waals surface area contributed by atoms with Crippen LogP contribution >= 0.6 is 0 Å². The quantitative estimate of drug-likeness (QED) is 0.495. The molecule has 0 amide bonds. The van der Waals surface area contributed by atoms with Crippen molar-refractivity contribution in [2.45, 2.75) is 19.1 Å². The van der Waals surface area contributed by atoms with Crippen LogP contribution in [0.25, 0.3) is 0 Å². The maximum Gasteiger partial charge on any atom is 0.416 e. The Balaban J connectivity index is 2.45. The zero-order valence-electron chi connectivity index (χ0n) is 12.3. The highest BCUT2D eigenvalue weighted by atomic mass is 19.4. The van der Waals surface area contributed by atoms with Crippen molar-refractivity contribution in [1.82, 2.24) is 10.6 Å². The van der Waals surface area contributed by atoms with Crippen molar-refractivity contribution in [1.29, 1.82) is 0 Å². The van der Waals surface area contributed by atoms with Gasteiger partial charge in [-0.1, -0.05) is 12.1 Å². The average Bonchev–Trinajstić information content (AvgIpc) is 2.49. The molecule has 0 fully saturated rings.